The van der Waals surface area contributed by atoms with Gasteiger partial charge in [0.1, 0.15) is 0 Å². The Morgan fingerprint density at radius 2 is 0.681 bits per heavy atom. The Balaban J connectivity index is 1.39. The Bertz CT molecular complexity index is 2700. The van der Waals surface area contributed by atoms with Gasteiger partial charge in [0.2, 0.25) is 0 Å². The van der Waals surface area contributed by atoms with E-state index in [9.17, 15) is 0 Å². The highest BCUT2D eigenvalue weighted by Crippen LogP contribution is 2.46. The van der Waals surface area contributed by atoms with E-state index in [2.05, 4.69) is 175 Å². The van der Waals surface area contributed by atoms with Crippen LogP contribution in [-0.4, -0.2) is 4.98 Å². The number of fused-ring (bicyclic) bond motifs is 7. The Morgan fingerprint density at radius 1 is 0.277 bits per heavy atom. The summed E-state index contributed by atoms with van der Waals surface area (Å²) in [6, 6.07) is 62.3. The van der Waals surface area contributed by atoms with Gasteiger partial charge >= 0.3 is 0 Å². The summed E-state index contributed by atoms with van der Waals surface area (Å²) in [7, 11) is 0. The van der Waals surface area contributed by atoms with Crippen LogP contribution in [-0.2, 0) is 0 Å². The van der Waals surface area contributed by atoms with E-state index in [1.54, 1.807) is 0 Å². The van der Waals surface area contributed by atoms with Crippen molar-refractivity contribution >= 4 is 64.9 Å². The van der Waals surface area contributed by atoms with E-state index >= 15 is 0 Å². The zero-order chi connectivity index (χ0) is 30.9. The van der Waals surface area contributed by atoms with Gasteiger partial charge in [0.15, 0.2) is 0 Å². The molecule has 1 aromatic heterocycles. The van der Waals surface area contributed by atoms with Crippen LogP contribution in [0.3, 0.4) is 0 Å². The number of para-hydroxylation sites is 2. The highest BCUT2D eigenvalue weighted by molar-refractivity contribution is 6.24. The van der Waals surface area contributed by atoms with Crippen molar-refractivity contribution in [3.05, 3.63) is 170 Å². The number of aromatic nitrogens is 1. The van der Waals surface area contributed by atoms with Crippen LogP contribution in [0.15, 0.2) is 170 Å². The third-order valence-corrected chi connectivity index (χ3v) is 10.0. The number of nitrogens with one attached hydrogen (secondary N) is 1. The molecule has 10 aromatic rings. The van der Waals surface area contributed by atoms with Crippen molar-refractivity contribution in [3.63, 3.8) is 0 Å². The Kier molecular flexibility index (Phi) is 5.64. The third kappa shape index (κ3) is 3.90. The second-order valence-corrected chi connectivity index (χ2v) is 12.5. The van der Waals surface area contributed by atoms with Crippen LogP contribution in [0, 0.1) is 0 Å². The summed E-state index contributed by atoms with van der Waals surface area (Å²) < 4.78 is 0. The molecule has 9 aromatic carbocycles. The number of rotatable bonds is 3. The SMILES string of the molecule is c1ccc2c(-c3cccc4c(-c5cccc6c5[nH]c5ccccc56)c5cccc(-c6cccc7ccccc67)c5cc34)cccc2c1. The lowest BCUT2D eigenvalue weighted by molar-refractivity contribution is 1.54. The number of H-pyrrole nitrogens is 1. The number of hydrogen-bond acceptors (Lipinski definition) is 0. The molecule has 0 spiro atoms. The van der Waals surface area contributed by atoms with Gasteiger partial charge in [-0.1, -0.05) is 158 Å². The Hall–Kier alpha value is -6.18. The number of hydrogen-bond donors (Lipinski definition) is 1. The van der Waals surface area contributed by atoms with Gasteiger partial charge in [-0.25, -0.2) is 0 Å². The lowest BCUT2D eigenvalue weighted by Crippen LogP contribution is -1.92. The minimum atomic E-state index is 1.16. The summed E-state index contributed by atoms with van der Waals surface area (Å²) in [6.45, 7) is 0. The van der Waals surface area contributed by atoms with E-state index in [1.807, 2.05) is 0 Å². The fourth-order valence-corrected chi connectivity index (χ4v) is 7.93. The van der Waals surface area contributed by atoms with Crippen molar-refractivity contribution in [1.82, 2.24) is 4.98 Å². The molecule has 47 heavy (non-hydrogen) atoms. The molecular formula is C46H29N. The third-order valence-electron chi connectivity index (χ3n) is 10.0. The molecule has 0 bridgehead atoms. The normalized spacial score (nSPS) is 11.8. The molecule has 218 valence electrons. The Morgan fingerprint density at radius 3 is 1.28 bits per heavy atom. The zero-order valence-electron chi connectivity index (χ0n) is 25.7. The van der Waals surface area contributed by atoms with Crippen molar-refractivity contribution in [2.75, 3.05) is 0 Å². The van der Waals surface area contributed by atoms with Gasteiger partial charge in [-0.15, -0.1) is 0 Å². The van der Waals surface area contributed by atoms with Gasteiger partial charge in [-0.2, -0.15) is 0 Å². The zero-order valence-corrected chi connectivity index (χ0v) is 25.7. The van der Waals surface area contributed by atoms with Crippen LogP contribution in [0.1, 0.15) is 0 Å². The average molecular weight is 596 g/mol. The van der Waals surface area contributed by atoms with E-state index in [1.165, 1.54) is 92.8 Å². The van der Waals surface area contributed by atoms with Crippen LogP contribution in [0.25, 0.3) is 98.3 Å². The highest BCUT2D eigenvalue weighted by Gasteiger charge is 2.19. The number of benzene rings is 9. The summed E-state index contributed by atoms with van der Waals surface area (Å²) in [5, 5.41) is 12.6. The molecule has 0 saturated heterocycles. The van der Waals surface area contributed by atoms with Crippen LogP contribution in [0.2, 0.25) is 0 Å². The minimum absolute atomic E-state index is 1.16. The van der Waals surface area contributed by atoms with E-state index in [0.717, 1.165) is 5.52 Å². The van der Waals surface area contributed by atoms with E-state index in [-0.39, 0.29) is 0 Å². The fourth-order valence-electron chi connectivity index (χ4n) is 7.93. The van der Waals surface area contributed by atoms with Crippen LogP contribution in [0.5, 0.6) is 0 Å². The van der Waals surface area contributed by atoms with Gasteiger partial charge in [0.05, 0.1) is 5.52 Å². The molecule has 1 N–H and O–H groups in total. The molecule has 0 atom stereocenters. The summed E-state index contributed by atoms with van der Waals surface area (Å²) >= 11 is 0. The van der Waals surface area contributed by atoms with Crippen molar-refractivity contribution < 1.29 is 0 Å². The van der Waals surface area contributed by atoms with Gasteiger partial charge in [0.25, 0.3) is 0 Å². The summed E-state index contributed by atoms with van der Waals surface area (Å²) in [5.41, 5.74) is 9.83. The standard InChI is InChI=1S/C46H29N/c1-3-16-31-29(12-1)14-7-19-33(31)35-21-9-23-38-42(35)28-43-36(34-20-8-15-30-13-2-4-17-32(30)34)22-10-24-39(43)45(38)41-26-11-25-40-37-18-5-6-27-44(37)47-46(40)41/h1-28,47H. The summed E-state index contributed by atoms with van der Waals surface area (Å²) in [5.74, 6) is 0. The molecule has 0 saturated carbocycles. The molecule has 0 aliphatic heterocycles. The van der Waals surface area contributed by atoms with Crippen molar-refractivity contribution in [3.8, 4) is 33.4 Å². The molecular weight excluding hydrogens is 567 g/mol. The first-order valence-electron chi connectivity index (χ1n) is 16.3. The maximum atomic E-state index is 3.82. The van der Waals surface area contributed by atoms with E-state index in [0.29, 0.717) is 0 Å². The maximum absolute atomic E-state index is 3.82. The lowest BCUT2D eigenvalue weighted by atomic mass is 9.84. The molecule has 1 heterocycles. The Labute approximate surface area is 272 Å². The monoisotopic (exact) mass is 595 g/mol. The quantitative estimate of drug-likeness (QED) is 0.196. The molecule has 0 unspecified atom stereocenters. The van der Waals surface area contributed by atoms with Crippen LogP contribution < -0.4 is 0 Å². The van der Waals surface area contributed by atoms with Gasteiger partial charge in [-0.3, -0.25) is 0 Å². The van der Waals surface area contributed by atoms with Gasteiger partial charge < -0.3 is 4.98 Å². The first-order chi connectivity index (χ1) is 23.3. The van der Waals surface area contributed by atoms with Crippen LogP contribution in [0.4, 0.5) is 0 Å². The number of aromatic amines is 1. The van der Waals surface area contributed by atoms with E-state index < -0.39 is 0 Å². The molecule has 10 rings (SSSR count). The van der Waals surface area contributed by atoms with Crippen molar-refractivity contribution in [1.29, 1.82) is 0 Å². The molecule has 0 fully saturated rings. The summed E-state index contributed by atoms with van der Waals surface area (Å²) in [4.78, 5) is 3.82. The second-order valence-electron chi connectivity index (χ2n) is 12.5. The molecule has 0 amide bonds. The van der Waals surface area contributed by atoms with Gasteiger partial charge in [-0.05, 0) is 83.0 Å². The highest BCUT2D eigenvalue weighted by atomic mass is 14.7. The second kappa shape index (κ2) is 10.2. The molecule has 0 radical (unpaired) electrons. The van der Waals surface area contributed by atoms with Crippen molar-refractivity contribution in [2.45, 2.75) is 0 Å². The molecule has 0 aliphatic carbocycles. The maximum Gasteiger partial charge on any atom is 0.0544 e. The van der Waals surface area contributed by atoms with E-state index in [4.69, 9.17) is 0 Å². The predicted molar refractivity (Wildman–Crippen MR) is 202 cm³/mol. The lowest BCUT2D eigenvalue weighted by Gasteiger charge is -2.19. The van der Waals surface area contributed by atoms with Gasteiger partial charge in [0, 0.05) is 21.9 Å². The smallest absolute Gasteiger partial charge is 0.0544 e. The average Bonchev–Trinajstić information content (AvgIpc) is 3.52. The first kappa shape index (κ1) is 26.1. The predicted octanol–water partition coefficient (Wildman–Crippen LogP) is 12.9. The largest absolute Gasteiger partial charge is 0.354 e. The first-order valence-corrected chi connectivity index (χ1v) is 16.3. The fraction of sp³-hybridized carbons (Fsp3) is 0. The molecule has 0 aliphatic rings. The minimum Gasteiger partial charge on any atom is -0.354 e. The summed E-state index contributed by atoms with van der Waals surface area (Å²) in [6.07, 6.45) is 0. The topological polar surface area (TPSA) is 15.8 Å². The van der Waals surface area contributed by atoms with Crippen LogP contribution >= 0.6 is 0 Å². The molecule has 1 nitrogen and oxygen atoms in total. The molecule has 1 heteroatoms. The van der Waals surface area contributed by atoms with Crippen molar-refractivity contribution in [2.24, 2.45) is 0 Å².